The zero-order chi connectivity index (χ0) is 14.5. The fourth-order valence-corrected chi connectivity index (χ4v) is 3.88. The van der Waals surface area contributed by atoms with E-state index in [-0.39, 0.29) is 0 Å². The van der Waals surface area contributed by atoms with E-state index >= 15 is 0 Å². The van der Waals surface area contributed by atoms with Gasteiger partial charge in [-0.3, -0.25) is 4.98 Å². The molecule has 2 saturated heterocycles. The highest BCUT2D eigenvalue weighted by atomic mass is 32.2. The van der Waals surface area contributed by atoms with Crippen LogP contribution >= 0.6 is 11.8 Å². The number of aromatic nitrogens is 1. The van der Waals surface area contributed by atoms with Gasteiger partial charge >= 0.3 is 0 Å². The fourth-order valence-electron chi connectivity index (χ4n) is 3.38. The molecule has 1 aromatic rings. The molecular weight excluding hydrogens is 280 g/mol. The molecule has 0 aromatic carbocycles. The molecule has 0 amide bonds. The van der Waals surface area contributed by atoms with Gasteiger partial charge < -0.3 is 9.64 Å². The van der Waals surface area contributed by atoms with E-state index in [1.807, 2.05) is 18.0 Å². The SMILES string of the molecule is CSCc1ccc(C[C@@H]2CC[C@H](CN3CCCC3)O2)nc1. The van der Waals surface area contributed by atoms with Gasteiger partial charge in [0.15, 0.2) is 0 Å². The minimum Gasteiger partial charge on any atom is -0.373 e. The van der Waals surface area contributed by atoms with Crippen molar-refractivity contribution in [2.75, 3.05) is 25.9 Å². The van der Waals surface area contributed by atoms with Crippen LogP contribution in [0.25, 0.3) is 0 Å². The molecule has 3 nitrogen and oxygen atoms in total. The maximum Gasteiger partial charge on any atom is 0.0706 e. The van der Waals surface area contributed by atoms with E-state index in [2.05, 4.69) is 28.3 Å². The van der Waals surface area contributed by atoms with Crippen molar-refractivity contribution in [2.24, 2.45) is 0 Å². The Hall–Kier alpha value is -0.580. The van der Waals surface area contributed by atoms with E-state index in [9.17, 15) is 0 Å². The topological polar surface area (TPSA) is 25.4 Å². The lowest BCUT2D eigenvalue weighted by atomic mass is 10.1. The third-order valence-electron chi connectivity index (χ3n) is 4.49. The summed E-state index contributed by atoms with van der Waals surface area (Å²) in [6.07, 6.45) is 11.1. The van der Waals surface area contributed by atoms with Crippen molar-refractivity contribution in [2.45, 2.75) is 50.1 Å². The summed E-state index contributed by atoms with van der Waals surface area (Å²) in [7, 11) is 0. The molecule has 2 aliphatic heterocycles. The standard InChI is InChI=1S/C17H26N2OS/c1-21-13-14-4-5-15(18-11-14)10-16-6-7-17(20-16)12-19-8-2-3-9-19/h4-5,11,16-17H,2-3,6-10,12-13H2,1H3/t16-,17+/m0/s1. The molecule has 4 heteroatoms. The number of pyridine rings is 1. The van der Waals surface area contributed by atoms with E-state index in [0.29, 0.717) is 12.2 Å². The molecule has 2 aliphatic rings. The van der Waals surface area contributed by atoms with E-state index in [1.54, 1.807) is 0 Å². The summed E-state index contributed by atoms with van der Waals surface area (Å²) in [5, 5.41) is 0. The quantitative estimate of drug-likeness (QED) is 0.806. The van der Waals surface area contributed by atoms with Crippen LogP contribution in [0.5, 0.6) is 0 Å². The van der Waals surface area contributed by atoms with Crippen molar-refractivity contribution in [3.63, 3.8) is 0 Å². The summed E-state index contributed by atoms with van der Waals surface area (Å²) >= 11 is 1.84. The number of hydrogen-bond donors (Lipinski definition) is 0. The molecule has 3 rings (SSSR count). The largest absolute Gasteiger partial charge is 0.373 e. The fraction of sp³-hybridized carbons (Fsp3) is 0.706. The Morgan fingerprint density at radius 3 is 2.76 bits per heavy atom. The van der Waals surface area contributed by atoms with Crippen LogP contribution in [0.3, 0.4) is 0 Å². The Morgan fingerprint density at radius 2 is 2.05 bits per heavy atom. The van der Waals surface area contributed by atoms with Gasteiger partial charge in [-0.25, -0.2) is 0 Å². The summed E-state index contributed by atoms with van der Waals surface area (Å²) in [5.74, 6) is 1.05. The van der Waals surface area contributed by atoms with Gasteiger partial charge in [-0.15, -0.1) is 0 Å². The van der Waals surface area contributed by atoms with Gasteiger partial charge in [0.2, 0.25) is 0 Å². The number of rotatable bonds is 6. The molecule has 116 valence electrons. The molecule has 21 heavy (non-hydrogen) atoms. The van der Waals surface area contributed by atoms with Gasteiger partial charge in [0.25, 0.3) is 0 Å². The van der Waals surface area contributed by atoms with E-state index in [4.69, 9.17) is 4.74 Å². The van der Waals surface area contributed by atoms with Crippen molar-refractivity contribution in [3.05, 3.63) is 29.6 Å². The minimum atomic E-state index is 0.372. The normalized spacial score (nSPS) is 26.5. The second kappa shape index (κ2) is 7.61. The van der Waals surface area contributed by atoms with E-state index in [1.165, 1.54) is 50.0 Å². The number of nitrogens with zero attached hydrogens (tertiary/aromatic N) is 2. The van der Waals surface area contributed by atoms with Crippen molar-refractivity contribution in [1.82, 2.24) is 9.88 Å². The Labute approximate surface area is 132 Å². The number of ether oxygens (including phenoxy) is 1. The molecule has 0 unspecified atom stereocenters. The minimum absolute atomic E-state index is 0.372. The number of likely N-dealkylation sites (tertiary alicyclic amines) is 1. The van der Waals surface area contributed by atoms with Gasteiger partial charge in [0.05, 0.1) is 12.2 Å². The van der Waals surface area contributed by atoms with Crippen LogP contribution in [0.15, 0.2) is 18.3 Å². The van der Waals surface area contributed by atoms with Gasteiger partial charge in [-0.2, -0.15) is 11.8 Å². The summed E-state index contributed by atoms with van der Waals surface area (Å²) in [6.45, 7) is 3.67. The zero-order valence-electron chi connectivity index (χ0n) is 13.0. The monoisotopic (exact) mass is 306 g/mol. The molecule has 0 aliphatic carbocycles. The second-order valence-electron chi connectivity index (χ2n) is 6.26. The van der Waals surface area contributed by atoms with Crippen LogP contribution in [0.1, 0.15) is 36.9 Å². The summed E-state index contributed by atoms with van der Waals surface area (Å²) in [5.41, 5.74) is 2.48. The predicted octanol–water partition coefficient (Wildman–Crippen LogP) is 3.13. The molecule has 2 fully saturated rings. The summed E-state index contributed by atoms with van der Waals surface area (Å²) < 4.78 is 6.22. The van der Waals surface area contributed by atoms with E-state index < -0.39 is 0 Å². The van der Waals surface area contributed by atoms with Gasteiger partial charge in [-0.1, -0.05) is 6.07 Å². The smallest absolute Gasteiger partial charge is 0.0706 e. The highest BCUT2D eigenvalue weighted by Gasteiger charge is 2.27. The average molecular weight is 306 g/mol. The molecular formula is C17H26N2OS. The maximum atomic E-state index is 6.22. The molecule has 0 spiro atoms. The second-order valence-corrected chi connectivity index (χ2v) is 7.13. The van der Waals surface area contributed by atoms with Crippen LogP contribution in [0.2, 0.25) is 0 Å². The molecule has 0 radical (unpaired) electrons. The average Bonchev–Trinajstić information content (AvgIpc) is 3.14. The lowest BCUT2D eigenvalue weighted by Crippen LogP contribution is -2.30. The summed E-state index contributed by atoms with van der Waals surface area (Å²) in [6, 6.07) is 4.37. The number of thioether (sulfide) groups is 1. The first-order chi connectivity index (χ1) is 10.3. The third kappa shape index (κ3) is 4.44. The first-order valence-corrected chi connectivity index (χ1v) is 9.53. The van der Waals surface area contributed by atoms with Crippen LogP contribution < -0.4 is 0 Å². The van der Waals surface area contributed by atoms with Crippen molar-refractivity contribution in [3.8, 4) is 0 Å². The van der Waals surface area contributed by atoms with E-state index in [0.717, 1.165) is 18.7 Å². The van der Waals surface area contributed by atoms with Crippen LogP contribution in [-0.2, 0) is 16.9 Å². The van der Waals surface area contributed by atoms with Crippen molar-refractivity contribution in [1.29, 1.82) is 0 Å². The first-order valence-electron chi connectivity index (χ1n) is 8.14. The lowest BCUT2D eigenvalue weighted by Gasteiger charge is -2.20. The Balaban J connectivity index is 1.45. The summed E-state index contributed by atoms with van der Waals surface area (Å²) in [4.78, 5) is 7.14. The van der Waals surface area contributed by atoms with Crippen LogP contribution in [0, 0.1) is 0 Å². The molecule has 0 bridgehead atoms. The molecule has 0 saturated carbocycles. The highest BCUT2D eigenvalue weighted by Crippen LogP contribution is 2.24. The van der Waals surface area contributed by atoms with Gasteiger partial charge in [-0.05, 0) is 56.7 Å². The zero-order valence-corrected chi connectivity index (χ0v) is 13.8. The first kappa shape index (κ1) is 15.3. The van der Waals surface area contributed by atoms with Crippen molar-refractivity contribution < 1.29 is 4.74 Å². The van der Waals surface area contributed by atoms with Crippen LogP contribution in [0.4, 0.5) is 0 Å². The molecule has 2 atom stereocenters. The lowest BCUT2D eigenvalue weighted by molar-refractivity contribution is 0.0271. The molecule has 0 N–H and O–H groups in total. The Bertz CT molecular complexity index is 431. The third-order valence-corrected chi connectivity index (χ3v) is 5.11. The maximum absolute atomic E-state index is 6.22. The Morgan fingerprint density at radius 1 is 1.24 bits per heavy atom. The van der Waals surface area contributed by atoms with Gasteiger partial charge in [0, 0.05) is 30.6 Å². The van der Waals surface area contributed by atoms with Crippen LogP contribution in [-0.4, -0.2) is 48.0 Å². The molecule has 3 heterocycles. The predicted molar refractivity (Wildman–Crippen MR) is 88.7 cm³/mol. The molecule has 1 aromatic heterocycles. The number of hydrogen-bond acceptors (Lipinski definition) is 4. The van der Waals surface area contributed by atoms with Crippen molar-refractivity contribution >= 4 is 11.8 Å². The highest BCUT2D eigenvalue weighted by molar-refractivity contribution is 7.97. The van der Waals surface area contributed by atoms with Gasteiger partial charge in [0.1, 0.15) is 0 Å². The Kier molecular flexibility index (Phi) is 5.55.